The van der Waals surface area contributed by atoms with Gasteiger partial charge in [0.25, 0.3) is 5.69 Å². The number of nitrogens with zero attached hydrogens (tertiary/aromatic N) is 2. The third kappa shape index (κ3) is 2.67. The molecule has 0 fully saturated rings. The van der Waals surface area contributed by atoms with Crippen LogP contribution < -0.4 is 0 Å². The van der Waals surface area contributed by atoms with E-state index in [1.807, 2.05) is 0 Å². The molecule has 2 aromatic rings. The van der Waals surface area contributed by atoms with Gasteiger partial charge in [0.15, 0.2) is 11.3 Å². The number of nitrogens with one attached hydrogen (secondary N) is 1. The van der Waals surface area contributed by atoms with Crippen molar-refractivity contribution in [3.8, 4) is 0 Å². The number of aromatic amines is 1. The van der Waals surface area contributed by atoms with Gasteiger partial charge >= 0.3 is 17.7 Å². The molecule has 0 saturated carbocycles. The minimum absolute atomic E-state index is 0.334. The Balaban J connectivity index is 2.75. The molecule has 0 radical (unpaired) electrons. The molecule has 1 N–H and O–H groups in total. The fourth-order valence-electron chi connectivity index (χ4n) is 1.66. The van der Waals surface area contributed by atoms with Crippen LogP contribution in [0.25, 0.3) is 11.0 Å². The second-order valence-electron chi connectivity index (χ2n) is 4.16. The van der Waals surface area contributed by atoms with E-state index in [2.05, 4.69) is 4.98 Å². The van der Waals surface area contributed by atoms with Crippen LogP contribution in [-0.2, 0) is 11.3 Å². The van der Waals surface area contributed by atoms with Crippen molar-refractivity contribution in [1.29, 1.82) is 0 Å². The molecule has 0 spiro atoms. The lowest BCUT2D eigenvalue weighted by Crippen LogP contribution is -2.25. The summed E-state index contributed by atoms with van der Waals surface area (Å²) in [5.74, 6) is -6.30. The molecule has 0 amide bonds. The second-order valence-corrected chi connectivity index (χ2v) is 4.63. The van der Waals surface area contributed by atoms with Crippen LogP contribution >= 0.6 is 11.6 Å². The van der Waals surface area contributed by atoms with Gasteiger partial charge in [-0.25, -0.2) is 13.8 Å². The Hall–Kier alpha value is -2.04. The van der Waals surface area contributed by atoms with E-state index in [-0.39, 0.29) is 0 Å². The van der Waals surface area contributed by atoms with Gasteiger partial charge in [0.2, 0.25) is 0 Å². The normalized spacial score (nSPS) is 13.1. The molecule has 5 nitrogen and oxygen atoms in total. The van der Waals surface area contributed by atoms with Crippen LogP contribution in [-0.4, -0.2) is 21.3 Å². The maximum atomic E-state index is 13.2. The average Bonchev–Trinajstić information content (AvgIpc) is 2.80. The van der Waals surface area contributed by atoms with Crippen molar-refractivity contribution in [2.75, 3.05) is 0 Å². The first-order valence-electron chi connectivity index (χ1n) is 5.36. The molecule has 1 aromatic heterocycles. The molecule has 22 heavy (non-hydrogen) atoms. The third-order valence-electron chi connectivity index (χ3n) is 2.68. The van der Waals surface area contributed by atoms with Crippen LogP contribution in [0.3, 0.4) is 0 Å². The summed E-state index contributed by atoms with van der Waals surface area (Å²) in [6, 6.07) is 0.855. The number of halogens is 7. The summed E-state index contributed by atoms with van der Waals surface area (Å²) >= 11 is 4.72. The molecule has 0 aliphatic heterocycles. The minimum Gasteiger partial charge on any atom is -0.336 e. The topological polar surface area (TPSA) is 71.8 Å². The number of fused-ring (bicyclic) bond motifs is 1. The van der Waals surface area contributed by atoms with Gasteiger partial charge in [-0.2, -0.15) is 17.6 Å². The standard InChI is InChI=1S/C10H4ClF6N3O2/c11-10(16,17)3-1-4-6(5(2-3)20(21)22)19-8(18-4)9(14,15)7(12)13/h1-2,7H,(H,18,19). The molecule has 0 aliphatic carbocycles. The lowest BCUT2D eigenvalue weighted by molar-refractivity contribution is -0.383. The quantitative estimate of drug-likeness (QED) is 0.391. The van der Waals surface area contributed by atoms with Crippen molar-refractivity contribution >= 4 is 28.3 Å². The molecule has 0 saturated heterocycles. The number of hydrogen-bond donors (Lipinski definition) is 1. The number of rotatable bonds is 4. The van der Waals surface area contributed by atoms with Crippen molar-refractivity contribution in [2.24, 2.45) is 0 Å². The van der Waals surface area contributed by atoms with Crippen molar-refractivity contribution < 1.29 is 31.3 Å². The summed E-state index contributed by atoms with van der Waals surface area (Å²) in [5, 5.41) is 6.80. The van der Waals surface area contributed by atoms with Crippen molar-refractivity contribution in [3.63, 3.8) is 0 Å². The van der Waals surface area contributed by atoms with Gasteiger partial charge in [0, 0.05) is 11.6 Å². The van der Waals surface area contributed by atoms with Crippen molar-refractivity contribution in [2.45, 2.75) is 17.7 Å². The number of nitro groups is 1. The van der Waals surface area contributed by atoms with Crippen LogP contribution in [0.2, 0.25) is 0 Å². The van der Waals surface area contributed by atoms with E-state index in [0.717, 1.165) is 0 Å². The highest BCUT2D eigenvalue weighted by Gasteiger charge is 2.46. The number of nitro benzene ring substituents is 1. The number of non-ortho nitro benzene ring substituents is 1. The summed E-state index contributed by atoms with van der Waals surface area (Å²) in [4.78, 5) is 14.4. The average molecular weight is 348 g/mol. The lowest BCUT2D eigenvalue weighted by atomic mass is 10.1. The van der Waals surface area contributed by atoms with Gasteiger partial charge in [-0.1, -0.05) is 0 Å². The number of aromatic nitrogens is 2. The first-order valence-corrected chi connectivity index (χ1v) is 5.74. The van der Waals surface area contributed by atoms with Gasteiger partial charge in [-0.3, -0.25) is 10.1 Å². The van der Waals surface area contributed by atoms with Crippen molar-refractivity contribution in [1.82, 2.24) is 9.97 Å². The largest absolute Gasteiger partial charge is 0.363 e. The van der Waals surface area contributed by atoms with Gasteiger partial charge < -0.3 is 4.98 Å². The summed E-state index contributed by atoms with van der Waals surface area (Å²) in [7, 11) is 0. The molecule has 0 aliphatic rings. The smallest absolute Gasteiger partial charge is 0.336 e. The van der Waals surface area contributed by atoms with E-state index >= 15 is 0 Å². The zero-order valence-electron chi connectivity index (χ0n) is 10.1. The zero-order valence-corrected chi connectivity index (χ0v) is 10.8. The van der Waals surface area contributed by atoms with Crippen LogP contribution in [0.5, 0.6) is 0 Å². The van der Waals surface area contributed by atoms with E-state index < -0.39 is 50.8 Å². The van der Waals surface area contributed by atoms with Crippen LogP contribution in [0.4, 0.5) is 32.0 Å². The molecule has 0 bridgehead atoms. The Kier molecular flexibility index (Phi) is 3.71. The van der Waals surface area contributed by atoms with Gasteiger partial charge in [-0.15, -0.1) is 0 Å². The maximum absolute atomic E-state index is 13.2. The second kappa shape index (κ2) is 5.00. The van der Waals surface area contributed by atoms with E-state index in [1.165, 1.54) is 0 Å². The lowest BCUT2D eigenvalue weighted by Gasteiger charge is -2.11. The van der Waals surface area contributed by atoms with E-state index in [1.54, 1.807) is 4.98 Å². The number of hydrogen-bond acceptors (Lipinski definition) is 3. The highest BCUT2D eigenvalue weighted by atomic mass is 35.5. The zero-order chi connectivity index (χ0) is 16.9. The van der Waals surface area contributed by atoms with Crippen LogP contribution in [0.1, 0.15) is 11.4 Å². The fraction of sp³-hybridized carbons (Fsp3) is 0.300. The third-order valence-corrected chi connectivity index (χ3v) is 2.90. The molecule has 12 heteroatoms. The molecule has 1 aromatic carbocycles. The molecule has 120 valence electrons. The molecule has 1 heterocycles. The number of imidazole rings is 1. The first kappa shape index (κ1) is 16.3. The highest BCUT2D eigenvalue weighted by Crippen LogP contribution is 2.39. The van der Waals surface area contributed by atoms with Gasteiger partial charge in [0.1, 0.15) is 0 Å². The predicted molar refractivity (Wildman–Crippen MR) is 62.4 cm³/mol. The monoisotopic (exact) mass is 347 g/mol. The molecule has 2 rings (SSSR count). The van der Waals surface area contributed by atoms with Crippen molar-refractivity contribution in [3.05, 3.63) is 33.6 Å². The summed E-state index contributed by atoms with van der Waals surface area (Å²) < 4.78 is 77.0. The predicted octanol–water partition coefficient (Wildman–Crippen LogP) is 4.12. The number of alkyl halides is 7. The van der Waals surface area contributed by atoms with Crippen LogP contribution in [0, 0.1) is 10.1 Å². The summed E-state index contributed by atoms with van der Waals surface area (Å²) in [6.07, 6.45) is -4.14. The SMILES string of the molecule is O=[N+]([O-])c1cc(C(F)(F)Cl)cc2[nH]c(C(F)(F)C(F)F)nc12. The molecular weight excluding hydrogens is 344 g/mol. The molecule has 0 atom stereocenters. The fourth-order valence-corrected chi connectivity index (χ4v) is 1.77. The van der Waals surface area contributed by atoms with E-state index in [4.69, 9.17) is 11.6 Å². The molecular formula is C10H4ClF6N3O2. The van der Waals surface area contributed by atoms with Gasteiger partial charge in [0.05, 0.1) is 10.4 Å². The summed E-state index contributed by atoms with van der Waals surface area (Å²) in [6.45, 7) is 0. The number of benzene rings is 1. The highest BCUT2D eigenvalue weighted by molar-refractivity contribution is 6.22. The Bertz CT molecular complexity index is 742. The maximum Gasteiger partial charge on any atom is 0.363 e. The first-order chi connectivity index (χ1) is 9.94. The van der Waals surface area contributed by atoms with Crippen LogP contribution in [0.15, 0.2) is 12.1 Å². The molecule has 0 unspecified atom stereocenters. The Morgan fingerprint density at radius 2 is 1.86 bits per heavy atom. The minimum atomic E-state index is -4.73. The van der Waals surface area contributed by atoms with Gasteiger partial charge in [-0.05, 0) is 17.7 Å². The summed E-state index contributed by atoms with van der Waals surface area (Å²) in [5.41, 5.74) is -3.53. The van der Waals surface area contributed by atoms with E-state index in [9.17, 15) is 36.5 Å². The Morgan fingerprint density at radius 3 is 2.32 bits per heavy atom. The number of H-pyrrole nitrogens is 1. The Morgan fingerprint density at radius 1 is 1.27 bits per heavy atom. The van der Waals surface area contributed by atoms with E-state index in [0.29, 0.717) is 12.1 Å². The Labute approximate surface area is 122 Å².